The molecule has 0 spiro atoms. The number of ether oxygens (including phenoxy) is 1. The molecule has 0 bridgehead atoms. The number of methoxy groups -OCH3 is 1. The summed E-state index contributed by atoms with van der Waals surface area (Å²) in [5.41, 5.74) is 1.73. The summed E-state index contributed by atoms with van der Waals surface area (Å²) in [5.74, 6) is -1.05. The van der Waals surface area contributed by atoms with Gasteiger partial charge in [0.05, 0.1) is 40.4 Å². The van der Waals surface area contributed by atoms with Crippen LogP contribution in [0.5, 0.6) is 0 Å². The largest absolute Gasteiger partial charge is 0.433 e. The number of alkyl halides is 3. The molecule has 3 aromatic heterocycles. The molecule has 8 rings (SSSR count). The van der Waals surface area contributed by atoms with E-state index in [-0.39, 0.29) is 48.3 Å². The first-order chi connectivity index (χ1) is 27.3. The van der Waals surface area contributed by atoms with Gasteiger partial charge in [-0.25, -0.2) is 9.78 Å². The van der Waals surface area contributed by atoms with Crippen LogP contribution in [0.4, 0.5) is 24.5 Å². The average molecular weight is 788 g/mol. The van der Waals surface area contributed by atoms with Crippen LogP contribution in [0.2, 0.25) is 0 Å². The third kappa shape index (κ3) is 7.41. The molecular formula is C40H44F3N9O5. The van der Waals surface area contributed by atoms with Crippen LogP contribution in [-0.2, 0) is 27.5 Å². The van der Waals surface area contributed by atoms with Gasteiger partial charge < -0.3 is 15.0 Å². The summed E-state index contributed by atoms with van der Waals surface area (Å²) in [4.78, 5) is 59.0. The van der Waals surface area contributed by atoms with E-state index >= 15 is 0 Å². The minimum atomic E-state index is -4.65. The number of hydrogen-bond acceptors (Lipinski definition) is 9. The van der Waals surface area contributed by atoms with Crippen LogP contribution in [0.3, 0.4) is 0 Å². The Labute approximate surface area is 325 Å². The first-order valence-corrected chi connectivity index (χ1v) is 19.1. The molecule has 2 N–H and O–H groups in total. The molecule has 3 aliphatic rings. The number of likely N-dealkylation sites (N-methyl/N-ethyl adjacent to an activating group) is 1. The van der Waals surface area contributed by atoms with Crippen molar-refractivity contribution < 1.29 is 32.3 Å². The normalized spacial score (nSPS) is 23.1. The summed E-state index contributed by atoms with van der Waals surface area (Å²) in [5, 5.41) is 10.6. The van der Waals surface area contributed by atoms with Gasteiger partial charge in [-0.05, 0) is 87.5 Å². The maximum atomic E-state index is 13.5. The minimum Gasteiger partial charge on any atom is -0.378 e. The molecule has 5 heterocycles. The van der Waals surface area contributed by atoms with Crippen molar-refractivity contribution in [2.24, 2.45) is 13.0 Å². The predicted octanol–water partition coefficient (Wildman–Crippen LogP) is 4.90. The number of halogens is 3. The van der Waals surface area contributed by atoms with Gasteiger partial charge in [0.15, 0.2) is 0 Å². The number of pyridine rings is 1. The molecule has 3 fully saturated rings. The van der Waals surface area contributed by atoms with Gasteiger partial charge in [-0.3, -0.25) is 38.4 Å². The SMILES string of the molecule is CO[C@H]1CN(c2cccc3c2n(C)c(=O)n3C2CCC(=O)NC2=O)C[C@@H]1N(C)CC1CCC(n2cc3cc(NC(=O)c4cccc(C(F)(F)F)n4)ccc3n2)CC1. The van der Waals surface area contributed by atoms with Crippen molar-refractivity contribution >= 4 is 51.0 Å². The first-order valence-electron chi connectivity index (χ1n) is 19.1. The quantitative estimate of drug-likeness (QED) is 0.199. The number of imide groups is 1. The second kappa shape index (κ2) is 15.1. The zero-order valence-corrected chi connectivity index (χ0v) is 31.8. The summed E-state index contributed by atoms with van der Waals surface area (Å²) in [6.45, 7) is 2.22. The highest BCUT2D eigenvalue weighted by Crippen LogP contribution is 2.36. The molecule has 2 aliphatic heterocycles. The summed E-state index contributed by atoms with van der Waals surface area (Å²) < 4.78 is 50.4. The van der Waals surface area contributed by atoms with E-state index in [0.717, 1.165) is 66.5 Å². The fourth-order valence-electron chi connectivity index (χ4n) is 8.87. The van der Waals surface area contributed by atoms with Crippen LogP contribution in [0, 0.1) is 5.92 Å². The molecule has 1 unspecified atom stereocenters. The van der Waals surface area contributed by atoms with Crippen molar-refractivity contribution in [2.75, 3.05) is 44.0 Å². The monoisotopic (exact) mass is 787 g/mol. The van der Waals surface area contributed by atoms with Crippen molar-refractivity contribution in [3.8, 4) is 0 Å². The topological polar surface area (TPSA) is 149 Å². The fraction of sp³-hybridized carbons (Fsp3) is 0.450. The number of aryl methyl sites for hydroxylation is 1. The summed E-state index contributed by atoms with van der Waals surface area (Å²) in [6, 6.07) is 13.8. The Morgan fingerprint density at radius 1 is 1.02 bits per heavy atom. The highest BCUT2D eigenvalue weighted by atomic mass is 19.4. The van der Waals surface area contributed by atoms with Gasteiger partial charge in [-0.1, -0.05) is 12.1 Å². The molecule has 2 aromatic carbocycles. The highest BCUT2D eigenvalue weighted by Gasteiger charge is 2.39. The summed E-state index contributed by atoms with van der Waals surface area (Å²) in [7, 11) is 5.59. The van der Waals surface area contributed by atoms with Crippen molar-refractivity contribution in [3.05, 3.63) is 82.7 Å². The van der Waals surface area contributed by atoms with Gasteiger partial charge >= 0.3 is 11.9 Å². The number of amides is 3. The molecule has 300 valence electrons. The molecule has 0 radical (unpaired) electrons. The van der Waals surface area contributed by atoms with E-state index in [1.807, 2.05) is 29.1 Å². The number of anilines is 2. The van der Waals surface area contributed by atoms with E-state index in [2.05, 4.69) is 32.5 Å². The van der Waals surface area contributed by atoms with E-state index in [4.69, 9.17) is 9.84 Å². The highest BCUT2D eigenvalue weighted by molar-refractivity contribution is 6.04. The molecule has 2 saturated heterocycles. The summed E-state index contributed by atoms with van der Waals surface area (Å²) in [6.07, 6.45) is 1.61. The van der Waals surface area contributed by atoms with Crippen LogP contribution in [0.15, 0.2) is 65.6 Å². The maximum Gasteiger partial charge on any atom is 0.433 e. The molecular weight excluding hydrogens is 743 g/mol. The van der Waals surface area contributed by atoms with Gasteiger partial charge in [0.2, 0.25) is 11.8 Å². The van der Waals surface area contributed by atoms with Crippen molar-refractivity contribution in [1.29, 1.82) is 0 Å². The lowest BCUT2D eigenvalue weighted by Gasteiger charge is -2.35. The van der Waals surface area contributed by atoms with Gasteiger partial charge in [0, 0.05) is 57.5 Å². The smallest absolute Gasteiger partial charge is 0.378 e. The zero-order chi connectivity index (χ0) is 40.2. The number of benzene rings is 2. The molecule has 1 aliphatic carbocycles. The van der Waals surface area contributed by atoms with Crippen LogP contribution in [0.1, 0.15) is 66.8 Å². The standard InChI is InChI=1S/C40H44F3N9O5/c1-48(32-21-50(22-33(32)57-3)29-7-5-8-30-36(29)49(2)39(56)52(30)31-16-17-35(53)46-38(31)55)19-23-10-13-26(14-11-23)51-20-24-18-25(12-15-27(24)47-51)44-37(54)28-6-4-9-34(45-28)40(41,42)43/h4-9,12,15,18,20,23,26,31-33H,10-11,13-14,16-17,19,21-22H2,1-3H3,(H,44,54)(H,46,53,55)/t23?,26?,31?,32-,33-/m0/s1. The molecule has 17 heteroatoms. The fourth-order valence-corrected chi connectivity index (χ4v) is 8.87. The van der Waals surface area contributed by atoms with Crippen LogP contribution in [0.25, 0.3) is 21.9 Å². The number of carbonyl (C=O) groups excluding carboxylic acids is 3. The van der Waals surface area contributed by atoms with Crippen LogP contribution >= 0.6 is 0 Å². The lowest BCUT2D eigenvalue weighted by Crippen LogP contribution is -2.44. The van der Waals surface area contributed by atoms with Gasteiger partial charge in [-0.2, -0.15) is 18.3 Å². The van der Waals surface area contributed by atoms with Crippen molar-refractivity contribution in [3.63, 3.8) is 0 Å². The third-order valence-corrected chi connectivity index (χ3v) is 11.8. The van der Waals surface area contributed by atoms with E-state index in [1.165, 1.54) is 10.6 Å². The van der Waals surface area contributed by atoms with Gasteiger partial charge in [0.25, 0.3) is 5.91 Å². The number of imidazole rings is 1. The number of aromatic nitrogens is 5. The van der Waals surface area contributed by atoms with E-state index < -0.39 is 29.7 Å². The average Bonchev–Trinajstić information content (AvgIpc) is 3.89. The van der Waals surface area contributed by atoms with E-state index in [0.29, 0.717) is 30.2 Å². The number of nitrogens with one attached hydrogen (secondary N) is 2. The lowest BCUT2D eigenvalue weighted by atomic mass is 9.85. The number of hydrogen-bond donors (Lipinski definition) is 2. The minimum absolute atomic E-state index is 0.0664. The lowest BCUT2D eigenvalue weighted by molar-refractivity contribution is -0.141. The Balaban J connectivity index is 0.897. The molecule has 14 nitrogen and oxygen atoms in total. The van der Waals surface area contributed by atoms with Crippen LogP contribution < -0.4 is 21.2 Å². The number of nitrogens with zero attached hydrogens (tertiary/aromatic N) is 7. The van der Waals surface area contributed by atoms with Gasteiger partial charge in [0.1, 0.15) is 17.4 Å². The Morgan fingerprint density at radius 2 is 1.79 bits per heavy atom. The van der Waals surface area contributed by atoms with Crippen LogP contribution in [-0.4, -0.2) is 92.5 Å². The van der Waals surface area contributed by atoms with Gasteiger partial charge in [-0.15, -0.1) is 0 Å². The number of carbonyl (C=O) groups is 3. The van der Waals surface area contributed by atoms with Crippen molar-refractivity contribution in [1.82, 2.24) is 34.1 Å². The zero-order valence-electron chi connectivity index (χ0n) is 31.8. The number of para-hydroxylation sites is 1. The summed E-state index contributed by atoms with van der Waals surface area (Å²) >= 11 is 0. The first kappa shape index (κ1) is 38.3. The Bertz CT molecular complexity index is 2410. The Kier molecular flexibility index (Phi) is 10.1. The maximum absolute atomic E-state index is 13.5. The molecule has 3 amide bonds. The molecule has 57 heavy (non-hydrogen) atoms. The third-order valence-electron chi connectivity index (χ3n) is 11.8. The van der Waals surface area contributed by atoms with Crippen molar-refractivity contribution in [2.45, 2.75) is 68.9 Å². The van der Waals surface area contributed by atoms with E-state index in [1.54, 1.807) is 36.9 Å². The van der Waals surface area contributed by atoms with E-state index in [9.17, 15) is 32.3 Å². The number of fused-ring (bicyclic) bond motifs is 2. The Morgan fingerprint density at radius 3 is 2.53 bits per heavy atom. The second-order valence-electron chi connectivity index (χ2n) is 15.4. The molecule has 1 saturated carbocycles. The predicted molar refractivity (Wildman–Crippen MR) is 206 cm³/mol. The number of piperidine rings is 1. The molecule has 3 atom stereocenters. The molecule has 5 aromatic rings. The Hall–Kier alpha value is -5.55. The number of rotatable bonds is 9. The second-order valence-corrected chi connectivity index (χ2v) is 15.4.